The summed E-state index contributed by atoms with van der Waals surface area (Å²) in [6.07, 6.45) is 3.44. The van der Waals surface area contributed by atoms with Crippen LogP contribution in [0.5, 0.6) is 0 Å². The topological polar surface area (TPSA) is 61.9 Å². The Hall–Kier alpha value is -1.04. The lowest BCUT2D eigenvalue weighted by Gasteiger charge is -2.14. The number of aromatic amines is 1. The number of hydrogen-bond donors (Lipinski definition) is 1. The standard InChI is InChI=1S/C7H12N4OS/c1-11(3-4-13-2)7(12)6-5-8-10-9-6/h5H,3-4H2,1-2H3,(H,8,9,10). The molecule has 0 spiro atoms. The molecular weight excluding hydrogens is 188 g/mol. The number of amides is 1. The van der Waals surface area contributed by atoms with Crippen molar-refractivity contribution in [3.63, 3.8) is 0 Å². The van der Waals surface area contributed by atoms with Crippen LogP contribution in [0.1, 0.15) is 10.5 Å². The van der Waals surface area contributed by atoms with E-state index < -0.39 is 0 Å². The molecule has 5 nitrogen and oxygen atoms in total. The van der Waals surface area contributed by atoms with Crippen molar-refractivity contribution in [2.24, 2.45) is 0 Å². The molecule has 6 heteroatoms. The van der Waals surface area contributed by atoms with Gasteiger partial charge in [-0.3, -0.25) is 4.79 Å². The first kappa shape index (κ1) is 10.0. The van der Waals surface area contributed by atoms with Gasteiger partial charge in [0.25, 0.3) is 5.91 Å². The van der Waals surface area contributed by atoms with Crippen LogP contribution in [0, 0.1) is 0 Å². The van der Waals surface area contributed by atoms with Gasteiger partial charge in [0, 0.05) is 19.3 Å². The monoisotopic (exact) mass is 200 g/mol. The second kappa shape index (κ2) is 4.86. The SMILES string of the molecule is CSCCN(C)C(=O)c1cn[nH]n1. The van der Waals surface area contributed by atoms with Gasteiger partial charge < -0.3 is 4.90 Å². The largest absolute Gasteiger partial charge is 0.339 e. The molecule has 0 fully saturated rings. The van der Waals surface area contributed by atoms with Crippen molar-refractivity contribution in [2.45, 2.75) is 0 Å². The summed E-state index contributed by atoms with van der Waals surface area (Å²) in [4.78, 5) is 13.1. The summed E-state index contributed by atoms with van der Waals surface area (Å²) in [6.45, 7) is 0.729. The maximum Gasteiger partial charge on any atom is 0.275 e. The quantitative estimate of drug-likeness (QED) is 0.756. The molecule has 0 atom stereocenters. The Labute approximate surface area is 80.9 Å². The van der Waals surface area contributed by atoms with E-state index in [9.17, 15) is 4.79 Å². The maximum absolute atomic E-state index is 11.5. The highest BCUT2D eigenvalue weighted by atomic mass is 32.2. The number of thioether (sulfide) groups is 1. The lowest BCUT2D eigenvalue weighted by molar-refractivity contribution is 0.0798. The van der Waals surface area contributed by atoms with Crippen LogP contribution < -0.4 is 0 Å². The minimum atomic E-state index is -0.0946. The van der Waals surface area contributed by atoms with Crippen molar-refractivity contribution in [2.75, 3.05) is 25.6 Å². The van der Waals surface area contributed by atoms with E-state index in [1.54, 1.807) is 23.7 Å². The number of hydrogen-bond acceptors (Lipinski definition) is 4. The van der Waals surface area contributed by atoms with Crippen LogP contribution in [0.2, 0.25) is 0 Å². The summed E-state index contributed by atoms with van der Waals surface area (Å²) in [5.41, 5.74) is 0.364. The Morgan fingerprint density at radius 1 is 1.77 bits per heavy atom. The van der Waals surface area contributed by atoms with E-state index in [-0.39, 0.29) is 5.91 Å². The molecule has 13 heavy (non-hydrogen) atoms. The first-order valence-corrected chi connectivity index (χ1v) is 5.25. The molecule has 0 radical (unpaired) electrons. The van der Waals surface area contributed by atoms with Crippen molar-refractivity contribution >= 4 is 17.7 Å². The average molecular weight is 200 g/mol. The minimum absolute atomic E-state index is 0.0946. The molecule has 0 aliphatic carbocycles. The molecule has 0 saturated heterocycles. The number of carbonyl (C=O) groups is 1. The highest BCUT2D eigenvalue weighted by Crippen LogP contribution is 1.99. The third kappa shape index (κ3) is 2.73. The van der Waals surface area contributed by atoms with Crippen LogP contribution in [-0.2, 0) is 0 Å². The smallest absolute Gasteiger partial charge is 0.275 e. The molecule has 1 N–H and O–H groups in total. The van der Waals surface area contributed by atoms with E-state index in [0.717, 1.165) is 12.3 Å². The molecular formula is C7H12N4OS. The molecule has 0 aliphatic heterocycles. The van der Waals surface area contributed by atoms with Crippen molar-refractivity contribution in [3.05, 3.63) is 11.9 Å². The lowest BCUT2D eigenvalue weighted by atomic mass is 10.4. The molecule has 1 heterocycles. The fourth-order valence-corrected chi connectivity index (χ4v) is 1.29. The van der Waals surface area contributed by atoms with E-state index in [0.29, 0.717) is 5.69 Å². The summed E-state index contributed by atoms with van der Waals surface area (Å²) in [5, 5.41) is 9.70. The van der Waals surface area contributed by atoms with Gasteiger partial charge in [-0.25, -0.2) is 0 Å². The van der Waals surface area contributed by atoms with Crippen LogP contribution in [0.4, 0.5) is 0 Å². The number of carbonyl (C=O) groups excluding carboxylic acids is 1. The molecule has 1 aromatic heterocycles. The third-order valence-corrected chi connectivity index (χ3v) is 2.20. The molecule has 1 amide bonds. The predicted octanol–water partition coefficient (Wildman–Crippen LogP) is 0.240. The normalized spacial score (nSPS) is 10.0. The van der Waals surface area contributed by atoms with Crippen molar-refractivity contribution in [3.8, 4) is 0 Å². The zero-order valence-corrected chi connectivity index (χ0v) is 8.47. The Morgan fingerprint density at radius 3 is 3.08 bits per heavy atom. The second-order valence-corrected chi connectivity index (χ2v) is 3.56. The number of rotatable bonds is 4. The van der Waals surface area contributed by atoms with Crippen LogP contribution in [0.25, 0.3) is 0 Å². The molecule has 1 aromatic rings. The molecule has 0 aromatic carbocycles. The maximum atomic E-state index is 11.5. The predicted molar refractivity (Wildman–Crippen MR) is 51.7 cm³/mol. The van der Waals surface area contributed by atoms with Crippen LogP contribution in [-0.4, -0.2) is 51.8 Å². The van der Waals surface area contributed by atoms with Crippen molar-refractivity contribution in [1.82, 2.24) is 20.3 Å². The first-order valence-electron chi connectivity index (χ1n) is 3.86. The van der Waals surface area contributed by atoms with Gasteiger partial charge in [-0.15, -0.1) is 0 Å². The van der Waals surface area contributed by atoms with Gasteiger partial charge in [0.15, 0.2) is 5.69 Å². The first-order chi connectivity index (χ1) is 6.25. The number of aromatic nitrogens is 3. The van der Waals surface area contributed by atoms with Crippen LogP contribution >= 0.6 is 11.8 Å². The van der Waals surface area contributed by atoms with E-state index in [1.165, 1.54) is 6.20 Å². The number of nitrogens with zero attached hydrogens (tertiary/aromatic N) is 3. The highest BCUT2D eigenvalue weighted by Gasteiger charge is 2.12. The minimum Gasteiger partial charge on any atom is -0.339 e. The van der Waals surface area contributed by atoms with Gasteiger partial charge in [0.1, 0.15) is 0 Å². The Bertz CT molecular complexity index is 261. The van der Waals surface area contributed by atoms with E-state index in [2.05, 4.69) is 15.4 Å². The van der Waals surface area contributed by atoms with Crippen molar-refractivity contribution in [1.29, 1.82) is 0 Å². The van der Waals surface area contributed by atoms with Gasteiger partial charge in [0.05, 0.1) is 6.20 Å². The van der Waals surface area contributed by atoms with E-state index in [4.69, 9.17) is 0 Å². The fourth-order valence-electron chi connectivity index (χ4n) is 0.830. The third-order valence-electron chi connectivity index (χ3n) is 1.61. The molecule has 1 rings (SSSR count). The summed E-state index contributed by atoms with van der Waals surface area (Å²) in [6, 6.07) is 0. The van der Waals surface area contributed by atoms with Gasteiger partial charge in [-0.05, 0) is 6.26 Å². The molecule has 0 unspecified atom stereocenters. The molecule has 0 bridgehead atoms. The number of H-pyrrole nitrogens is 1. The average Bonchev–Trinajstić information content (AvgIpc) is 2.65. The summed E-state index contributed by atoms with van der Waals surface area (Å²) in [5.74, 6) is 0.836. The molecule has 0 aliphatic rings. The number of nitrogens with one attached hydrogen (secondary N) is 1. The van der Waals surface area contributed by atoms with Gasteiger partial charge in [-0.1, -0.05) is 0 Å². The molecule has 0 saturated carbocycles. The summed E-state index contributed by atoms with van der Waals surface area (Å²) in [7, 11) is 1.76. The van der Waals surface area contributed by atoms with Gasteiger partial charge >= 0.3 is 0 Å². The van der Waals surface area contributed by atoms with Crippen molar-refractivity contribution < 1.29 is 4.79 Å². The van der Waals surface area contributed by atoms with Gasteiger partial charge in [0.2, 0.25) is 0 Å². The lowest BCUT2D eigenvalue weighted by Crippen LogP contribution is -2.29. The highest BCUT2D eigenvalue weighted by molar-refractivity contribution is 7.98. The van der Waals surface area contributed by atoms with E-state index in [1.807, 2.05) is 6.26 Å². The van der Waals surface area contributed by atoms with Crippen LogP contribution in [0.3, 0.4) is 0 Å². The Morgan fingerprint density at radius 2 is 2.54 bits per heavy atom. The second-order valence-electron chi connectivity index (χ2n) is 2.57. The Balaban J connectivity index is 2.48. The zero-order valence-electron chi connectivity index (χ0n) is 7.65. The van der Waals surface area contributed by atoms with E-state index >= 15 is 0 Å². The fraction of sp³-hybridized carbons (Fsp3) is 0.571. The zero-order chi connectivity index (χ0) is 9.68. The Kier molecular flexibility index (Phi) is 3.75. The summed E-state index contributed by atoms with van der Waals surface area (Å²) < 4.78 is 0. The van der Waals surface area contributed by atoms with Gasteiger partial charge in [-0.2, -0.15) is 27.2 Å². The van der Waals surface area contributed by atoms with Crippen LogP contribution in [0.15, 0.2) is 6.20 Å². The molecule has 72 valence electrons. The summed E-state index contributed by atoms with van der Waals surface area (Å²) >= 11 is 1.71.